The number of halogens is 1. The Bertz CT molecular complexity index is 950. The number of sulfonamides is 1. The SMILES string of the molecule is CCc1cccc(C)c1NC(=O)C1CCN(S(=O)(=O)c2ccc(F)cc2)CC1. The maximum atomic E-state index is 13.1. The second-order valence-corrected chi connectivity index (χ2v) is 9.02. The molecule has 0 aliphatic carbocycles. The molecule has 0 spiro atoms. The van der Waals surface area contributed by atoms with Crippen LogP contribution in [-0.4, -0.2) is 31.7 Å². The molecule has 1 aliphatic rings. The van der Waals surface area contributed by atoms with E-state index in [1.807, 2.05) is 32.0 Å². The highest BCUT2D eigenvalue weighted by molar-refractivity contribution is 7.89. The molecule has 0 unspecified atom stereocenters. The summed E-state index contributed by atoms with van der Waals surface area (Å²) in [6.45, 7) is 4.55. The summed E-state index contributed by atoms with van der Waals surface area (Å²) in [5.74, 6) is -0.774. The Hall–Kier alpha value is -2.25. The number of hydrogen-bond acceptors (Lipinski definition) is 3. The van der Waals surface area contributed by atoms with Crippen LogP contribution in [0.5, 0.6) is 0 Å². The van der Waals surface area contributed by atoms with Crippen LogP contribution in [-0.2, 0) is 21.2 Å². The first-order valence-electron chi connectivity index (χ1n) is 9.48. The van der Waals surface area contributed by atoms with Crippen molar-refractivity contribution in [1.82, 2.24) is 4.31 Å². The Kier molecular flexibility index (Phi) is 6.15. The molecule has 0 saturated carbocycles. The van der Waals surface area contributed by atoms with E-state index in [-0.39, 0.29) is 29.8 Å². The van der Waals surface area contributed by atoms with Gasteiger partial charge in [0, 0.05) is 24.7 Å². The van der Waals surface area contributed by atoms with Crippen LogP contribution in [0.4, 0.5) is 10.1 Å². The molecule has 1 aliphatic heterocycles. The largest absolute Gasteiger partial charge is 0.325 e. The summed E-state index contributed by atoms with van der Waals surface area (Å²) >= 11 is 0. The van der Waals surface area contributed by atoms with E-state index in [1.165, 1.54) is 16.4 Å². The molecule has 2 aromatic carbocycles. The number of nitrogens with zero attached hydrogens (tertiary/aromatic N) is 1. The molecule has 0 bridgehead atoms. The number of rotatable bonds is 5. The minimum atomic E-state index is -3.67. The number of hydrogen-bond donors (Lipinski definition) is 1. The molecule has 0 atom stereocenters. The fourth-order valence-electron chi connectivity index (χ4n) is 3.54. The summed E-state index contributed by atoms with van der Waals surface area (Å²) in [6, 6.07) is 10.8. The molecule has 150 valence electrons. The predicted octanol–water partition coefficient (Wildman–Crippen LogP) is 3.74. The highest BCUT2D eigenvalue weighted by Crippen LogP contribution is 2.27. The maximum Gasteiger partial charge on any atom is 0.243 e. The summed E-state index contributed by atoms with van der Waals surface area (Å²) in [4.78, 5) is 12.8. The van der Waals surface area contributed by atoms with Crippen LogP contribution in [0.25, 0.3) is 0 Å². The minimum Gasteiger partial charge on any atom is -0.325 e. The fourth-order valence-corrected chi connectivity index (χ4v) is 5.01. The molecule has 5 nitrogen and oxygen atoms in total. The molecule has 3 rings (SSSR count). The summed E-state index contributed by atoms with van der Waals surface area (Å²) in [5, 5.41) is 3.04. The highest BCUT2D eigenvalue weighted by Gasteiger charge is 2.32. The van der Waals surface area contributed by atoms with Crippen molar-refractivity contribution in [3.63, 3.8) is 0 Å². The van der Waals surface area contributed by atoms with Gasteiger partial charge in [-0.3, -0.25) is 4.79 Å². The number of benzene rings is 2. The van der Waals surface area contributed by atoms with E-state index < -0.39 is 15.8 Å². The van der Waals surface area contributed by atoms with Crippen LogP contribution in [0.3, 0.4) is 0 Å². The molecule has 2 aromatic rings. The van der Waals surface area contributed by atoms with Gasteiger partial charge in [-0.25, -0.2) is 12.8 Å². The van der Waals surface area contributed by atoms with Crippen LogP contribution in [0.15, 0.2) is 47.4 Å². The van der Waals surface area contributed by atoms with Crippen molar-refractivity contribution in [2.45, 2.75) is 38.0 Å². The molecule has 0 aromatic heterocycles. The number of nitrogens with one attached hydrogen (secondary N) is 1. The van der Waals surface area contributed by atoms with Crippen molar-refractivity contribution in [2.24, 2.45) is 5.92 Å². The molecule has 0 radical (unpaired) electrons. The Labute approximate surface area is 165 Å². The zero-order valence-corrected chi connectivity index (χ0v) is 16.9. The van der Waals surface area contributed by atoms with Gasteiger partial charge in [-0.2, -0.15) is 4.31 Å². The second-order valence-electron chi connectivity index (χ2n) is 7.08. The van der Waals surface area contributed by atoms with E-state index in [9.17, 15) is 17.6 Å². The lowest BCUT2D eigenvalue weighted by molar-refractivity contribution is -0.120. The molecular formula is C21H25FN2O3S. The zero-order chi connectivity index (χ0) is 20.3. The standard InChI is InChI=1S/C21H25FN2O3S/c1-3-16-6-4-5-15(2)20(16)23-21(25)17-11-13-24(14-12-17)28(26,27)19-9-7-18(22)8-10-19/h4-10,17H,3,11-14H2,1-2H3,(H,23,25). The predicted molar refractivity (Wildman–Crippen MR) is 107 cm³/mol. The molecule has 1 N–H and O–H groups in total. The summed E-state index contributed by atoms with van der Waals surface area (Å²) in [7, 11) is -3.67. The number of piperidine rings is 1. The lowest BCUT2D eigenvalue weighted by atomic mass is 9.96. The van der Waals surface area contributed by atoms with Crippen molar-refractivity contribution < 1.29 is 17.6 Å². The topological polar surface area (TPSA) is 66.5 Å². The van der Waals surface area contributed by atoms with Crippen molar-refractivity contribution >= 4 is 21.6 Å². The number of carbonyl (C=O) groups is 1. The van der Waals surface area contributed by atoms with Crippen LogP contribution < -0.4 is 5.32 Å². The third-order valence-corrected chi connectivity index (χ3v) is 7.18. The summed E-state index contributed by atoms with van der Waals surface area (Å²) in [6.07, 6.45) is 1.74. The Morgan fingerprint density at radius 1 is 1.14 bits per heavy atom. The lowest BCUT2D eigenvalue weighted by Crippen LogP contribution is -2.41. The summed E-state index contributed by atoms with van der Waals surface area (Å²) < 4.78 is 39.8. The van der Waals surface area contributed by atoms with Crippen molar-refractivity contribution in [3.8, 4) is 0 Å². The van der Waals surface area contributed by atoms with Crippen molar-refractivity contribution in [1.29, 1.82) is 0 Å². The van der Waals surface area contributed by atoms with Gasteiger partial charge in [0.15, 0.2) is 0 Å². The number of amides is 1. The van der Waals surface area contributed by atoms with E-state index in [2.05, 4.69) is 5.32 Å². The fraction of sp³-hybridized carbons (Fsp3) is 0.381. The molecule has 7 heteroatoms. The van der Waals surface area contributed by atoms with Gasteiger partial charge in [0.2, 0.25) is 15.9 Å². The maximum absolute atomic E-state index is 13.1. The van der Waals surface area contributed by atoms with E-state index in [0.717, 1.165) is 35.4 Å². The first kappa shape index (κ1) is 20.5. The Morgan fingerprint density at radius 2 is 1.79 bits per heavy atom. The monoisotopic (exact) mass is 404 g/mol. The zero-order valence-electron chi connectivity index (χ0n) is 16.1. The third kappa shape index (κ3) is 4.25. The van der Waals surface area contributed by atoms with E-state index in [4.69, 9.17) is 0 Å². The number of aryl methyl sites for hydroxylation is 2. The molecule has 1 saturated heterocycles. The summed E-state index contributed by atoms with van der Waals surface area (Å²) in [5.41, 5.74) is 2.96. The minimum absolute atomic E-state index is 0.0668. The van der Waals surface area contributed by atoms with Crippen molar-refractivity contribution in [3.05, 3.63) is 59.4 Å². The smallest absolute Gasteiger partial charge is 0.243 e. The average molecular weight is 405 g/mol. The van der Waals surface area contributed by atoms with E-state index in [0.29, 0.717) is 12.8 Å². The molecule has 1 heterocycles. The van der Waals surface area contributed by atoms with Crippen LogP contribution in [0.1, 0.15) is 30.9 Å². The van der Waals surface area contributed by atoms with Gasteiger partial charge in [0.05, 0.1) is 4.90 Å². The number of carbonyl (C=O) groups excluding carboxylic acids is 1. The second kappa shape index (κ2) is 8.41. The van der Waals surface area contributed by atoms with Gasteiger partial charge in [-0.1, -0.05) is 25.1 Å². The molecular weight excluding hydrogens is 379 g/mol. The third-order valence-electron chi connectivity index (χ3n) is 5.26. The van der Waals surface area contributed by atoms with Crippen LogP contribution in [0, 0.1) is 18.7 Å². The molecule has 1 fully saturated rings. The number of para-hydroxylation sites is 1. The molecule has 28 heavy (non-hydrogen) atoms. The van der Waals surface area contributed by atoms with Gasteiger partial charge in [0.25, 0.3) is 0 Å². The molecule has 1 amide bonds. The average Bonchev–Trinajstić information content (AvgIpc) is 2.70. The van der Waals surface area contributed by atoms with E-state index in [1.54, 1.807) is 0 Å². The van der Waals surface area contributed by atoms with Gasteiger partial charge in [0.1, 0.15) is 5.82 Å². The highest BCUT2D eigenvalue weighted by atomic mass is 32.2. The van der Waals surface area contributed by atoms with Gasteiger partial charge < -0.3 is 5.32 Å². The van der Waals surface area contributed by atoms with E-state index >= 15 is 0 Å². The van der Waals surface area contributed by atoms with Gasteiger partial charge in [-0.05, 0) is 61.6 Å². The lowest BCUT2D eigenvalue weighted by Gasteiger charge is -2.30. The van der Waals surface area contributed by atoms with Gasteiger partial charge in [-0.15, -0.1) is 0 Å². The Morgan fingerprint density at radius 3 is 2.39 bits per heavy atom. The number of anilines is 1. The van der Waals surface area contributed by atoms with Crippen LogP contribution in [0.2, 0.25) is 0 Å². The normalized spacial score (nSPS) is 16.1. The van der Waals surface area contributed by atoms with Crippen LogP contribution >= 0.6 is 0 Å². The quantitative estimate of drug-likeness (QED) is 0.826. The first-order valence-corrected chi connectivity index (χ1v) is 10.9. The Balaban J connectivity index is 1.65. The van der Waals surface area contributed by atoms with Gasteiger partial charge >= 0.3 is 0 Å². The van der Waals surface area contributed by atoms with Crippen molar-refractivity contribution in [2.75, 3.05) is 18.4 Å². The first-order chi connectivity index (χ1) is 13.3.